The van der Waals surface area contributed by atoms with Crippen molar-refractivity contribution < 1.29 is 0 Å². The van der Waals surface area contributed by atoms with Crippen LogP contribution in [0.5, 0.6) is 0 Å². The number of hydrogen-bond acceptors (Lipinski definition) is 5. The highest BCUT2D eigenvalue weighted by Crippen LogP contribution is 2.27. The van der Waals surface area contributed by atoms with Crippen LogP contribution in [0.1, 0.15) is 17.0 Å². The van der Waals surface area contributed by atoms with Crippen LogP contribution in [0.3, 0.4) is 0 Å². The fourth-order valence-corrected chi connectivity index (χ4v) is 3.56. The fourth-order valence-electron chi connectivity index (χ4n) is 3.56. The van der Waals surface area contributed by atoms with Gasteiger partial charge in [0.05, 0.1) is 11.7 Å². The Kier molecular flexibility index (Phi) is 3.99. The molecule has 2 aromatic heterocycles. The summed E-state index contributed by atoms with van der Waals surface area (Å²) < 4.78 is 0. The van der Waals surface area contributed by atoms with Gasteiger partial charge in [0, 0.05) is 43.4 Å². The first-order valence-corrected chi connectivity index (χ1v) is 8.78. The molecule has 0 aliphatic carbocycles. The number of pyridine rings is 1. The summed E-state index contributed by atoms with van der Waals surface area (Å²) in [4.78, 5) is 18.3. The Bertz CT molecular complexity index is 913. The second kappa shape index (κ2) is 6.31. The molecule has 5 heteroatoms. The van der Waals surface area contributed by atoms with Crippen LogP contribution in [-0.2, 0) is 0 Å². The van der Waals surface area contributed by atoms with Gasteiger partial charge in [-0.15, -0.1) is 0 Å². The van der Waals surface area contributed by atoms with Crippen molar-refractivity contribution in [3.05, 3.63) is 53.6 Å². The molecule has 0 atom stereocenters. The molecule has 0 spiro atoms. The SMILES string of the molecule is Cc1nc(N2CCN(c3cccc(C)c3C)CC2)c2ccncc2n1. The van der Waals surface area contributed by atoms with Gasteiger partial charge in [-0.1, -0.05) is 12.1 Å². The third-order valence-corrected chi connectivity index (χ3v) is 5.09. The van der Waals surface area contributed by atoms with E-state index < -0.39 is 0 Å². The van der Waals surface area contributed by atoms with Gasteiger partial charge in [-0.25, -0.2) is 9.97 Å². The highest BCUT2D eigenvalue weighted by atomic mass is 15.3. The number of benzene rings is 1. The normalized spacial score (nSPS) is 15.0. The van der Waals surface area contributed by atoms with Crippen molar-refractivity contribution >= 4 is 22.4 Å². The summed E-state index contributed by atoms with van der Waals surface area (Å²) in [6, 6.07) is 8.58. The van der Waals surface area contributed by atoms with Gasteiger partial charge in [-0.05, 0) is 44.0 Å². The standard InChI is InChI=1S/C20H23N5/c1-14-5-4-6-19(15(14)2)24-9-11-25(12-10-24)20-17-7-8-21-13-18(17)22-16(3)23-20/h4-8,13H,9-12H2,1-3H3. The lowest BCUT2D eigenvalue weighted by molar-refractivity contribution is 0.646. The van der Waals surface area contributed by atoms with Crippen molar-refractivity contribution in [1.82, 2.24) is 15.0 Å². The van der Waals surface area contributed by atoms with Crippen molar-refractivity contribution in [2.75, 3.05) is 36.0 Å². The molecule has 0 radical (unpaired) electrons. The maximum Gasteiger partial charge on any atom is 0.140 e. The van der Waals surface area contributed by atoms with Crippen molar-refractivity contribution in [2.24, 2.45) is 0 Å². The number of rotatable bonds is 2. The van der Waals surface area contributed by atoms with E-state index in [0.717, 1.165) is 48.7 Å². The van der Waals surface area contributed by atoms with Gasteiger partial charge in [0.15, 0.2) is 0 Å². The Morgan fingerprint density at radius 1 is 0.880 bits per heavy atom. The second-order valence-electron chi connectivity index (χ2n) is 6.68. The molecule has 3 heterocycles. The minimum atomic E-state index is 0.799. The zero-order valence-electron chi connectivity index (χ0n) is 15.0. The van der Waals surface area contributed by atoms with Gasteiger partial charge in [0.1, 0.15) is 11.6 Å². The molecule has 0 saturated carbocycles. The van der Waals surface area contributed by atoms with Gasteiger partial charge in [0.25, 0.3) is 0 Å². The Morgan fingerprint density at radius 2 is 1.64 bits per heavy atom. The Hall–Kier alpha value is -2.69. The number of fused-ring (bicyclic) bond motifs is 1. The lowest BCUT2D eigenvalue weighted by Crippen LogP contribution is -2.47. The second-order valence-corrected chi connectivity index (χ2v) is 6.68. The monoisotopic (exact) mass is 333 g/mol. The lowest BCUT2D eigenvalue weighted by atomic mass is 10.1. The van der Waals surface area contributed by atoms with Crippen LogP contribution in [0.25, 0.3) is 10.9 Å². The highest BCUT2D eigenvalue weighted by molar-refractivity contribution is 5.89. The van der Waals surface area contributed by atoms with E-state index in [-0.39, 0.29) is 0 Å². The number of nitrogens with zero attached hydrogens (tertiary/aromatic N) is 5. The molecule has 0 N–H and O–H groups in total. The molecule has 5 nitrogen and oxygen atoms in total. The Balaban J connectivity index is 1.59. The number of aromatic nitrogens is 3. The van der Waals surface area contributed by atoms with E-state index in [1.54, 1.807) is 0 Å². The molecule has 0 bridgehead atoms. The van der Waals surface area contributed by atoms with Crippen LogP contribution in [0.2, 0.25) is 0 Å². The van der Waals surface area contributed by atoms with E-state index in [2.05, 4.69) is 51.8 Å². The average molecular weight is 333 g/mol. The van der Waals surface area contributed by atoms with E-state index in [4.69, 9.17) is 4.98 Å². The quantitative estimate of drug-likeness (QED) is 0.720. The predicted molar refractivity (Wildman–Crippen MR) is 102 cm³/mol. The Morgan fingerprint density at radius 3 is 2.44 bits per heavy atom. The first-order valence-electron chi connectivity index (χ1n) is 8.78. The van der Waals surface area contributed by atoms with Crippen LogP contribution in [0, 0.1) is 20.8 Å². The van der Waals surface area contributed by atoms with Crippen molar-refractivity contribution in [2.45, 2.75) is 20.8 Å². The van der Waals surface area contributed by atoms with Crippen LogP contribution in [0.4, 0.5) is 11.5 Å². The van der Waals surface area contributed by atoms with Gasteiger partial charge in [-0.2, -0.15) is 0 Å². The van der Waals surface area contributed by atoms with Crippen LogP contribution < -0.4 is 9.80 Å². The van der Waals surface area contributed by atoms with Gasteiger partial charge < -0.3 is 9.80 Å². The summed E-state index contributed by atoms with van der Waals surface area (Å²) in [5, 5.41) is 1.08. The molecule has 128 valence electrons. The topological polar surface area (TPSA) is 45.2 Å². The molecule has 1 aliphatic rings. The minimum Gasteiger partial charge on any atom is -0.368 e. The molecular weight excluding hydrogens is 310 g/mol. The molecule has 0 amide bonds. The summed E-state index contributed by atoms with van der Waals surface area (Å²) in [5.74, 6) is 1.83. The van der Waals surface area contributed by atoms with Crippen LogP contribution in [-0.4, -0.2) is 41.1 Å². The third kappa shape index (κ3) is 2.90. The number of aryl methyl sites for hydroxylation is 2. The number of piperazine rings is 1. The molecule has 1 fully saturated rings. The summed E-state index contributed by atoms with van der Waals surface area (Å²) >= 11 is 0. The molecule has 1 aliphatic heterocycles. The van der Waals surface area contributed by atoms with Gasteiger partial charge >= 0.3 is 0 Å². The number of hydrogen-bond donors (Lipinski definition) is 0. The summed E-state index contributed by atoms with van der Waals surface area (Å²) in [6.07, 6.45) is 3.64. The highest BCUT2D eigenvalue weighted by Gasteiger charge is 2.21. The maximum absolute atomic E-state index is 4.72. The number of anilines is 2. The molecule has 4 rings (SSSR count). The van der Waals surface area contributed by atoms with E-state index in [0.29, 0.717) is 0 Å². The predicted octanol–water partition coefficient (Wildman–Crippen LogP) is 3.28. The molecule has 1 saturated heterocycles. The first-order chi connectivity index (χ1) is 12.1. The molecule has 1 aromatic carbocycles. The third-order valence-electron chi connectivity index (χ3n) is 5.09. The first kappa shape index (κ1) is 15.8. The molecular formula is C20H23N5. The smallest absolute Gasteiger partial charge is 0.140 e. The van der Waals surface area contributed by atoms with E-state index in [9.17, 15) is 0 Å². The Labute approximate surface area is 148 Å². The fraction of sp³-hybridized carbons (Fsp3) is 0.350. The van der Waals surface area contributed by atoms with E-state index in [1.807, 2.05) is 25.4 Å². The molecule has 0 unspecified atom stereocenters. The zero-order valence-corrected chi connectivity index (χ0v) is 15.0. The van der Waals surface area contributed by atoms with Crippen molar-refractivity contribution in [3.8, 4) is 0 Å². The average Bonchev–Trinajstić information content (AvgIpc) is 2.63. The zero-order chi connectivity index (χ0) is 17.4. The summed E-state index contributed by atoms with van der Waals surface area (Å²) in [7, 11) is 0. The molecule has 3 aromatic rings. The van der Waals surface area contributed by atoms with Crippen LogP contribution >= 0.6 is 0 Å². The van der Waals surface area contributed by atoms with E-state index in [1.165, 1.54) is 16.8 Å². The molecule has 25 heavy (non-hydrogen) atoms. The largest absolute Gasteiger partial charge is 0.368 e. The van der Waals surface area contributed by atoms with E-state index >= 15 is 0 Å². The summed E-state index contributed by atoms with van der Waals surface area (Å²) in [5.41, 5.74) is 5.00. The summed E-state index contributed by atoms with van der Waals surface area (Å²) in [6.45, 7) is 10.3. The van der Waals surface area contributed by atoms with Crippen molar-refractivity contribution in [3.63, 3.8) is 0 Å². The van der Waals surface area contributed by atoms with Gasteiger partial charge in [0.2, 0.25) is 0 Å². The lowest BCUT2D eigenvalue weighted by Gasteiger charge is -2.38. The van der Waals surface area contributed by atoms with Crippen LogP contribution in [0.15, 0.2) is 36.7 Å². The minimum absolute atomic E-state index is 0.799. The van der Waals surface area contributed by atoms with Gasteiger partial charge in [-0.3, -0.25) is 4.98 Å². The maximum atomic E-state index is 4.72. The van der Waals surface area contributed by atoms with Crippen molar-refractivity contribution in [1.29, 1.82) is 0 Å².